The number of aryl methyl sites for hydroxylation is 1. The van der Waals surface area contributed by atoms with Crippen LogP contribution in [0, 0.1) is 19.3 Å². The third kappa shape index (κ3) is 4.09. The van der Waals surface area contributed by atoms with Crippen molar-refractivity contribution in [1.29, 1.82) is 0 Å². The number of nitrogens with one attached hydrogen (secondary N) is 1. The smallest absolute Gasteiger partial charge is 0.0598 e. The third-order valence-electron chi connectivity index (χ3n) is 3.93. The molecule has 0 radical (unpaired) electrons. The summed E-state index contributed by atoms with van der Waals surface area (Å²) >= 11 is 0. The van der Waals surface area contributed by atoms with Crippen LogP contribution in [-0.4, -0.2) is 30.6 Å². The Balaban J connectivity index is 1.84. The molecule has 1 aromatic rings. The minimum Gasteiger partial charge on any atom is -0.307 e. The van der Waals surface area contributed by atoms with E-state index in [2.05, 4.69) is 54.3 Å². The lowest BCUT2D eigenvalue weighted by Crippen LogP contribution is -2.43. The summed E-state index contributed by atoms with van der Waals surface area (Å²) in [5.41, 5.74) is 2.71. The van der Waals surface area contributed by atoms with Gasteiger partial charge in [0.2, 0.25) is 0 Å². The van der Waals surface area contributed by atoms with Crippen molar-refractivity contribution >= 4 is 0 Å². The zero-order valence-corrected chi connectivity index (χ0v) is 12.0. The zero-order chi connectivity index (χ0) is 13.7. The van der Waals surface area contributed by atoms with E-state index in [-0.39, 0.29) is 0 Å². The van der Waals surface area contributed by atoms with Crippen molar-refractivity contribution in [2.24, 2.45) is 0 Å². The van der Waals surface area contributed by atoms with Gasteiger partial charge in [-0.2, -0.15) is 0 Å². The molecule has 1 saturated heterocycles. The Bertz CT molecular complexity index is 439. The summed E-state index contributed by atoms with van der Waals surface area (Å²) in [6, 6.07) is 9.80. The van der Waals surface area contributed by atoms with Crippen molar-refractivity contribution in [2.45, 2.75) is 38.8 Å². The number of hydrogen-bond acceptors (Lipinski definition) is 2. The summed E-state index contributed by atoms with van der Waals surface area (Å²) in [6.45, 7) is 7.42. The van der Waals surface area contributed by atoms with Crippen molar-refractivity contribution in [3.05, 3.63) is 35.4 Å². The van der Waals surface area contributed by atoms with Gasteiger partial charge in [0.25, 0.3) is 0 Å². The molecule has 1 atom stereocenters. The summed E-state index contributed by atoms with van der Waals surface area (Å²) in [7, 11) is 0. The molecule has 0 unspecified atom stereocenters. The van der Waals surface area contributed by atoms with E-state index in [0.717, 1.165) is 19.6 Å². The fourth-order valence-electron chi connectivity index (χ4n) is 2.78. The first-order chi connectivity index (χ1) is 9.19. The fourth-order valence-corrected chi connectivity index (χ4v) is 2.78. The van der Waals surface area contributed by atoms with Crippen molar-refractivity contribution < 1.29 is 0 Å². The van der Waals surface area contributed by atoms with Crippen molar-refractivity contribution in [3.63, 3.8) is 0 Å². The molecule has 0 spiro atoms. The summed E-state index contributed by atoms with van der Waals surface area (Å²) in [5, 5.41) is 3.75. The number of rotatable bonds is 4. The maximum Gasteiger partial charge on any atom is 0.0598 e. The second kappa shape index (κ2) is 6.75. The van der Waals surface area contributed by atoms with Crippen LogP contribution in [0.4, 0.5) is 0 Å². The maximum atomic E-state index is 5.36. The Morgan fingerprint density at radius 3 is 2.79 bits per heavy atom. The lowest BCUT2D eigenvalue weighted by atomic mass is 10.0. The third-order valence-corrected chi connectivity index (χ3v) is 3.93. The number of benzene rings is 1. The minimum atomic E-state index is 0.420. The number of terminal acetylenes is 1. The number of hydrogen-bond donors (Lipinski definition) is 1. The van der Waals surface area contributed by atoms with Gasteiger partial charge >= 0.3 is 0 Å². The van der Waals surface area contributed by atoms with Gasteiger partial charge in [-0.25, -0.2) is 0 Å². The largest absolute Gasteiger partial charge is 0.307 e. The Kier molecular flexibility index (Phi) is 5.01. The molecule has 19 heavy (non-hydrogen) atoms. The van der Waals surface area contributed by atoms with Gasteiger partial charge in [0.05, 0.1) is 6.54 Å². The first-order valence-electron chi connectivity index (χ1n) is 7.17. The van der Waals surface area contributed by atoms with Crippen LogP contribution in [0.5, 0.6) is 0 Å². The Hall–Kier alpha value is -1.30. The average Bonchev–Trinajstić information content (AvgIpc) is 2.41. The van der Waals surface area contributed by atoms with Crippen molar-refractivity contribution in [3.8, 4) is 12.3 Å². The zero-order valence-electron chi connectivity index (χ0n) is 12.0. The summed E-state index contributed by atoms with van der Waals surface area (Å²) in [6.07, 6.45) is 7.74. The number of likely N-dealkylation sites (tertiary alicyclic amines) is 1. The second-order valence-electron chi connectivity index (χ2n) is 5.56. The van der Waals surface area contributed by atoms with Crippen LogP contribution in [0.15, 0.2) is 24.3 Å². The van der Waals surface area contributed by atoms with Crippen molar-refractivity contribution in [2.75, 3.05) is 19.6 Å². The Morgan fingerprint density at radius 1 is 1.42 bits per heavy atom. The van der Waals surface area contributed by atoms with Crippen LogP contribution in [0.3, 0.4) is 0 Å². The molecule has 0 bridgehead atoms. The predicted molar refractivity (Wildman–Crippen MR) is 81.0 cm³/mol. The van der Waals surface area contributed by atoms with Gasteiger partial charge in [-0.3, -0.25) is 4.90 Å². The molecule has 0 aliphatic carbocycles. The van der Waals surface area contributed by atoms with Crippen LogP contribution in [0.2, 0.25) is 0 Å². The Labute approximate surface area is 117 Å². The molecule has 2 rings (SSSR count). The molecule has 102 valence electrons. The fraction of sp³-hybridized carbons (Fsp3) is 0.529. The highest BCUT2D eigenvalue weighted by molar-refractivity contribution is 5.24. The molecular weight excluding hydrogens is 232 g/mol. The van der Waals surface area contributed by atoms with E-state index in [9.17, 15) is 0 Å². The van der Waals surface area contributed by atoms with E-state index in [0.29, 0.717) is 12.1 Å². The lowest BCUT2D eigenvalue weighted by Gasteiger charge is -2.33. The molecule has 0 aromatic heterocycles. The average molecular weight is 256 g/mol. The molecule has 1 aromatic carbocycles. The van der Waals surface area contributed by atoms with E-state index in [1.807, 2.05) is 0 Å². The lowest BCUT2D eigenvalue weighted by molar-refractivity contribution is 0.211. The summed E-state index contributed by atoms with van der Waals surface area (Å²) < 4.78 is 0. The molecule has 1 aliphatic heterocycles. The van der Waals surface area contributed by atoms with Gasteiger partial charge in [-0.15, -0.1) is 6.42 Å². The van der Waals surface area contributed by atoms with Crippen LogP contribution < -0.4 is 5.32 Å². The highest BCUT2D eigenvalue weighted by Gasteiger charge is 2.20. The van der Waals surface area contributed by atoms with Crippen molar-refractivity contribution in [1.82, 2.24) is 10.2 Å². The van der Waals surface area contributed by atoms with Gasteiger partial charge in [0, 0.05) is 25.2 Å². The first kappa shape index (κ1) is 14.1. The van der Waals surface area contributed by atoms with E-state index in [4.69, 9.17) is 6.42 Å². The molecule has 2 heteroatoms. The molecule has 0 saturated carbocycles. The second-order valence-corrected chi connectivity index (χ2v) is 5.56. The van der Waals surface area contributed by atoms with Gasteiger partial charge in [0.1, 0.15) is 0 Å². The highest BCUT2D eigenvalue weighted by Crippen LogP contribution is 2.18. The summed E-state index contributed by atoms with van der Waals surface area (Å²) in [5.74, 6) is 2.73. The maximum absolute atomic E-state index is 5.36. The van der Waals surface area contributed by atoms with Crippen LogP contribution in [-0.2, 0) is 0 Å². The molecular formula is C17H24N2. The molecule has 0 amide bonds. The van der Waals surface area contributed by atoms with Crippen LogP contribution in [0.1, 0.15) is 36.9 Å². The molecule has 1 N–H and O–H groups in total. The quantitative estimate of drug-likeness (QED) is 0.833. The number of piperidine rings is 1. The molecule has 1 aliphatic rings. The normalized spacial score (nSPS) is 19.0. The van der Waals surface area contributed by atoms with Gasteiger partial charge in [-0.1, -0.05) is 35.7 Å². The van der Waals surface area contributed by atoms with E-state index in [1.54, 1.807) is 0 Å². The minimum absolute atomic E-state index is 0.420. The van der Waals surface area contributed by atoms with Gasteiger partial charge < -0.3 is 5.32 Å². The molecule has 2 nitrogen and oxygen atoms in total. The summed E-state index contributed by atoms with van der Waals surface area (Å²) in [4.78, 5) is 2.36. The molecule has 1 fully saturated rings. The van der Waals surface area contributed by atoms with E-state index in [1.165, 1.54) is 24.0 Å². The standard InChI is InChI=1S/C17H24N2/c1-4-10-19-11-8-17(9-12-19)18-15(3)16-7-5-6-14(2)13-16/h1,5-7,13,15,17-18H,8-12H2,2-3H3/t15-/m0/s1. The van der Waals surface area contributed by atoms with Gasteiger partial charge in [0.15, 0.2) is 0 Å². The van der Waals surface area contributed by atoms with Crippen LogP contribution in [0.25, 0.3) is 0 Å². The van der Waals surface area contributed by atoms with Crippen LogP contribution >= 0.6 is 0 Å². The highest BCUT2D eigenvalue weighted by atomic mass is 15.1. The SMILES string of the molecule is C#CCN1CCC(N[C@@H](C)c2cccc(C)c2)CC1. The molecule has 1 heterocycles. The van der Waals surface area contributed by atoms with E-state index < -0.39 is 0 Å². The monoisotopic (exact) mass is 256 g/mol. The first-order valence-corrected chi connectivity index (χ1v) is 7.17. The van der Waals surface area contributed by atoms with Gasteiger partial charge in [-0.05, 0) is 32.3 Å². The predicted octanol–water partition coefficient (Wildman–Crippen LogP) is 2.74. The topological polar surface area (TPSA) is 15.3 Å². The van der Waals surface area contributed by atoms with E-state index >= 15 is 0 Å². The Morgan fingerprint density at radius 2 is 2.16 bits per heavy atom. The number of nitrogens with zero attached hydrogens (tertiary/aromatic N) is 1.